The van der Waals surface area contributed by atoms with Crippen LogP contribution in [0.3, 0.4) is 0 Å². The minimum absolute atomic E-state index is 0.104. The van der Waals surface area contributed by atoms with E-state index in [-0.39, 0.29) is 17.3 Å². The van der Waals surface area contributed by atoms with Crippen molar-refractivity contribution >= 4 is 28.7 Å². The molecule has 152 valence electrons. The number of nitrogens with one attached hydrogen (secondary N) is 2. The van der Waals surface area contributed by atoms with Crippen molar-refractivity contribution in [2.24, 2.45) is 0 Å². The Morgan fingerprint density at radius 2 is 1.67 bits per heavy atom. The lowest BCUT2D eigenvalue weighted by molar-refractivity contribution is -0.385. The van der Waals surface area contributed by atoms with Gasteiger partial charge in [0.2, 0.25) is 0 Å². The number of carbonyl (C=O) groups is 1. The molecule has 8 heteroatoms. The van der Waals surface area contributed by atoms with Gasteiger partial charge in [0.05, 0.1) is 41.3 Å². The van der Waals surface area contributed by atoms with Crippen LogP contribution in [0.4, 0.5) is 22.7 Å². The van der Waals surface area contributed by atoms with E-state index in [0.717, 1.165) is 22.4 Å². The second-order valence-electron chi connectivity index (χ2n) is 6.80. The highest BCUT2D eigenvalue weighted by Gasteiger charge is 2.21. The molecule has 30 heavy (non-hydrogen) atoms. The molecule has 0 saturated heterocycles. The van der Waals surface area contributed by atoms with Crippen molar-refractivity contribution in [1.82, 2.24) is 0 Å². The third kappa shape index (κ3) is 3.56. The number of amides is 1. The van der Waals surface area contributed by atoms with Crippen LogP contribution in [0, 0.1) is 10.1 Å². The number of rotatable bonds is 5. The molecule has 0 aromatic heterocycles. The summed E-state index contributed by atoms with van der Waals surface area (Å²) in [6.07, 6.45) is 0. The smallest absolute Gasteiger partial charge is 0.310 e. The first-order chi connectivity index (χ1) is 14.5. The van der Waals surface area contributed by atoms with Gasteiger partial charge in [-0.1, -0.05) is 12.1 Å². The van der Waals surface area contributed by atoms with Crippen LogP contribution < -0.4 is 15.4 Å². The van der Waals surface area contributed by atoms with Gasteiger partial charge in [0.1, 0.15) is 0 Å². The van der Waals surface area contributed by atoms with Crippen LogP contribution in [0.5, 0.6) is 5.75 Å². The maximum absolute atomic E-state index is 12.7. The van der Waals surface area contributed by atoms with Gasteiger partial charge in [0.25, 0.3) is 5.91 Å². The number of hydrogen-bond donors (Lipinski definition) is 2. The average molecular weight is 405 g/mol. The van der Waals surface area contributed by atoms with Crippen molar-refractivity contribution in [3.8, 4) is 16.9 Å². The molecule has 0 aliphatic carbocycles. The monoisotopic (exact) mass is 405 g/mol. The lowest BCUT2D eigenvalue weighted by atomic mass is 10.0. The number of carbonyl (C=O) groups excluding carboxylic acids is 1. The van der Waals surface area contributed by atoms with Crippen LogP contribution in [0.2, 0.25) is 0 Å². The van der Waals surface area contributed by atoms with Gasteiger partial charge in [-0.2, -0.15) is 0 Å². The zero-order chi connectivity index (χ0) is 21.3. The van der Waals surface area contributed by atoms with E-state index in [1.807, 2.05) is 24.3 Å². The van der Waals surface area contributed by atoms with Crippen LogP contribution in [0.15, 0.2) is 54.6 Å². The molecule has 0 spiro atoms. The van der Waals surface area contributed by atoms with Crippen LogP contribution in [-0.4, -0.2) is 25.1 Å². The molecule has 0 radical (unpaired) electrons. The van der Waals surface area contributed by atoms with Crippen molar-refractivity contribution < 1.29 is 19.2 Å². The molecule has 0 atom stereocenters. The number of fused-ring (bicyclic) bond motifs is 2. The third-order valence-electron chi connectivity index (χ3n) is 4.89. The van der Waals surface area contributed by atoms with E-state index < -0.39 is 4.92 Å². The van der Waals surface area contributed by atoms with Crippen molar-refractivity contribution in [3.63, 3.8) is 0 Å². The van der Waals surface area contributed by atoms with Gasteiger partial charge >= 0.3 is 5.69 Å². The Bertz CT molecular complexity index is 1160. The standard InChI is InChI=1S/C22H19N3O5/c1-29-12-13-3-7-17-19(9-13)23-18-10-14(4-6-16(18)22(26)24-17)15-5-8-20(25(27)28)21(11-15)30-2/h3-11,23H,12H2,1-2H3,(H,24,26). The summed E-state index contributed by atoms with van der Waals surface area (Å²) in [5.74, 6) is -0.0451. The van der Waals surface area contributed by atoms with E-state index in [9.17, 15) is 14.9 Å². The summed E-state index contributed by atoms with van der Waals surface area (Å²) < 4.78 is 10.4. The summed E-state index contributed by atoms with van der Waals surface area (Å²) in [5.41, 5.74) is 4.96. The Hall–Kier alpha value is -3.91. The number of benzene rings is 3. The first-order valence-electron chi connectivity index (χ1n) is 9.17. The molecule has 0 fully saturated rings. The molecule has 0 bridgehead atoms. The molecule has 8 nitrogen and oxygen atoms in total. The van der Waals surface area contributed by atoms with Gasteiger partial charge in [-0.05, 0) is 53.1 Å². The number of methoxy groups -OCH3 is 2. The van der Waals surface area contributed by atoms with Gasteiger partial charge in [0.15, 0.2) is 5.75 Å². The van der Waals surface area contributed by atoms with E-state index in [1.54, 1.807) is 31.4 Å². The zero-order valence-electron chi connectivity index (χ0n) is 16.4. The van der Waals surface area contributed by atoms with Gasteiger partial charge in [-0.15, -0.1) is 0 Å². The third-order valence-corrected chi connectivity index (χ3v) is 4.89. The predicted molar refractivity (Wildman–Crippen MR) is 113 cm³/mol. The SMILES string of the molecule is COCc1ccc2c(c1)Nc1cc(-c3ccc([N+](=O)[O-])c(OC)c3)ccc1C(=O)N2. The number of nitro groups is 1. The number of nitrogens with zero attached hydrogens (tertiary/aromatic N) is 1. The molecule has 2 N–H and O–H groups in total. The Balaban J connectivity index is 1.76. The molecular formula is C22H19N3O5. The number of hydrogen-bond acceptors (Lipinski definition) is 6. The summed E-state index contributed by atoms with van der Waals surface area (Å²) in [4.78, 5) is 23.3. The lowest BCUT2D eigenvalue weighted by Gasteiger charge is -2.12. The maximum Gasteiger partial charge on any atom is 0.310 e. The second kappa shape index (κ2) is 7.84. The molecule has 1 aliphatic heterocycles. The fourth-order valence-corrected chi connectivity index (χ4v) is 3.43. The first kappa shape index (κ1) is 19.4. The largest absolute Gasteiger partial charge is 0.490 e. The highest BCUT2D eigenvalue weighted by molar-refractivity contribution is 6.12. The highest BCUT2D eigenvalue weighted by Crippen LogP contribution is 2.37. The second-order valence-corrected chi connectivity index (χ2v) is 6.80. The van der Waals surface area contributed by atoms with E-state index >= 15 is 0 Å². The number of nitro benzene ring substituents is 1. The average Bonchev–Trinajstić information content (AvgIpc) is 2.88. The summed E-state index contributed by atoms with van der Waals surface area (Å²) in [5, 5.41) is 17.4. The van der Waals surface area contributed by atoms with Crippen LogP contribution in [0.25, 0.3) is 11.1 Å². The molecule has 1 amide bonds. The van der Waals surface area contributed by atoms with Crippen LogP contribution in [0.1, 0.15) is 15.9 Å². The number of anilines is 3. The molecule has 1 heterocycles. The Morgan fingerprint density at radius 1 is 0.900 bits per heavy atom. The van der Waals surface area contributed by atoms with Gasteiger partial charge in [-0.3, -0.25) is 14.9 Å². The molecule has 4 rings (SSSR count). The van der Waals surface area contributed by atoms with E-state index in [0.29, 0.717) is 23.5 Å². The molecule has 3 aromatic carbocycles. The summed E-state index contributed by atoms with van der Waals surface area (Å²) in [6.45, 7) is 0.457. The fourth-order valence-electron chi connectivity index (χ4n) is 3.43. The summed E-state index contributed by atoms with van der Waals surface area (Å²) >= 11 is 0. The Labute approximate surface area is 172 Å². The van der Waals surface area contributed by atoms with Gasteiger partial charge < -0.3 is 20.1 Å². The molecule has 3 aromatic rings. The van der Waals surface area contributed by atoms with Crippen LogP contribution in [-0.2, 0) is 11.3 Å². The van der Waals surface area contributed by atoms with Crippen molar-refractivity contribution in [3.05, 3.63) is 75.8 Å². The molecular weight excluding hydrogens is 386 g/mol. The molecule has 1 aliphatic rings. The van der Waals surface area contributed by atoms with Crippen molar-refractivity contribution in [1.29, 1.82) is 0 Å². The summed E-state index contributed by atoms with van der Waals surface area (Å²) in [7, 11) is 3.02. The lowest BCUT2D eigenvalue weighted by Crippen LogP contribution is -2.10. The van der Waals surface area contributed by atoms with Crippen molar-refractivity contribution in [2.75, 3.05) is 24.9 Å². The normalized spacial score (nSPS) is 12.1. The van der Waals surface area contributed by atoms with E-state index in [2.05, 4.69) is 10.6 Å². The van der Waals surface area contributed by atoms with Crippen molar-refractivity contribution in [2.45, 2.75) is 6.61 Å². The minimum atomic E-state index is -0.486. The molecule has 0 saturated carbocycles. The Morgan fingerprint density at radius 3 is 2.40 bits per heavy atom. The molecule has 0 unspecified atom stereocenters. The van der Waals surface area contributed by atoms with E-state index in [1.165, 1.54) is 13.2 Å². The fraction of sp³-hybridized carbons (Fsp3) is 0.136. The highest BCUT2D eigenvalue weighted by atomic mass is 16.6. The topological polar surface area (TPSA) is 103 Å². The predicted octanol–water partition coefficient (Wildman–Crippen LogP) is 4.73. The van der Waals surface area contributed by atoms with E-state index in [4.69, 9.17) is 9.47 Å². The quantitative estimate of drug-likeness (QED) is 0.470. The van der Waals surface area contributed by atoms with Crippen LogP contribution >= 0.6 is 0 Å². The maximum atomic E-state index is 12.7. The Kier molecular flexibility index (Phi) is 5.07. The first-order valence-corrected chi connectivity index (χ1v) is 9.17. The zero-order valence-corrected chi connectivity index (χ0v) is 16.4. The minimum Gasteiger partial charge on any atom is -0.490 e. The van der Waals surface area contributed by atoms with Gasteiger partial charge in [-0.25, -0.2) is 0 Å². The van der Waals surface area contributed by atoms with Gasteiger partial charge in [0, 0.05) is 13.2 Å². The summed E-state index contributed by atoms with van der Waals surface area (Å²) in [6, 6.07) is 15.7. The number of ether oxygens (including phenoxy) is 2.